The van der Waals surface area contributed by atoms with E-state index in [0.717, 1.165) is 22.6 Å². The predicted molar refractivity (Wildman–Crippen MR) is 121 cm³/mol. The van der Waals surface area contributed by atoms with E-state index in [0.29, 0.717) is 27.8 Å². The Morgan fingerprint density at radius 2 is 1.69 bits per heavy atom. The Kier molecular flexibility index (Phi) is 5.07. The number of nitrogens with one attached hydrogen (secondary N) is 1. The van der Waals surface area contributed by atoms with E-state index in [1.54, 1.807) is 0 Å². The van der Waals surface area contributed by atoms with E-state index >= 15 is 0 Å². The first-order valence-electron chi connectivity index (χ1n) is 9.95. The molecule has 5 nitrogen and oxygen atoms in total. The fourth-order valence-electron chi connectivity index (χ4n) is 3.76. The van der Waals surface area contributed by atoms with E-state index in [4.69, 9.17) is 21.1 Å². The van der Waals surface area contributed by atoms with Gasteiger partial charge in [0.05, 0.1) is 11.3 Å². The van der Waals surface area contributed by atoms with Crippen molar-refractivity contribution in [3.8, 4) is 28.4 Å². The molecule has 5 rings (SSSR count). The van der Waals surface area contributed by atoms with Gasteiger partial charge in [0.15, 0.2) is 11.5 Å². The molecular weight excluding hydrogens is 431 g/mol. The minimum absolute atomic E-state index is 0.179. The summed E-state index contributed by atoms with van der Waals surface area (Å²) in [6.07, 6.45) is 0. The lowest BCUT2D eigenvalue weighted by molar-refractivity contribution is 0.102. The second kappa shape index (κ2) is 8.05. The second-order valence-corrected chi connectivity index (χ2v) is 7.81. The van der Waals surface area contributed by atoms with E-state index < -0.39 is 0 Å². The molecule has 1 aromatic heterocycles. The Hall–Kier alpha value is -3.77. The van der Waals surface area contributed by atoms with E-state index in [1.807, 2.05) is 60.0 Å². The molecule has 1 N–H and O–H groups in total. The van der Waals surface area contributed by atoms with Gasteiger partial charge in [-0.3, -0.25) is 4.79 Å². The molecule has 3 aromatic carbocycles. The van der Waals surface area contributed by atoms with Crippen molar-refractivity contribution in [3.05, 3.63) is 94.9 Å². The summed E-state index contributed by atoms with van der Waals surface area (Å²) < 4.78 is 26.2. The molecule has 0 fully saturated rings. The quantitative estimate of drug-likeness (QED) is 0.403. The maximum atomic E-state index is 13.2. The lowest BCUT2D eigenvalue weighted by atomic mass is 10.1. The third-order valence-electron chi connectivity index (χ3n) is 5.35. The first kappa shape index (κ1) is 20.2. The minimum Gasteiger partial charge on any atom is -0.454 e. The van der Waals surface area contributed by atoms with Gasteiger partial charge in [-0.15, -0.1) is 0 Å². The molecule has 4 aromatic rings. The first-order valence-corrected chi connectivity index (χ1v) is 10.3. The number of ether oxygens (including phenoxy) is 2. The molecule has 0 atom stereocenters. The van der Waals surface area contributed by atoms with Crippen LogP contribution in [0, 0.1) is 12.7 Å². The van der Waals surface area contributed by atoms with E-state index in [2.05, 4.69) is 5.32 Å². The third kappa shape index (κ3) is 3.69. The van der Waals surface area contributed by atoms with Crippen molar-refractivity contribution < 1.29 is 18.7 Å². The van der Waals surface area contributed by atoms with Gasteiger partial charge in [0, 0.05) is 28.2 Å². The van der Waals surface area contributed by atoms with Crippen LogP contribution in [0.25, 0.3) is 16.9 Å². The maximum absolute atomic E-state index is 13.2. The summed E-state index contributed by atoms with van der Waals surface area (Å²) in [7, 11) is 0. The van der Waals surface area contributed by atoms with Gasteiger partial charge in [0.2, 0.25) is 6.79 Å². The number of halogens is 2. The molecule has 0 radical (unpaired) electrons. The predicted octanol–water partition coefficient (Wildman–Crippen LogP) is 6.23. The summed E-state index contributed by atoms with van der Waals surface area (Å²) in [6, 6.07) is 20.6. The number of carbonyl (C=O) groups excluding carboxylic acids is 1. The van der Waals surface area contributed by atoms with Gasteiger partial charge >= 0.3 is 0 Å². The number of fused-ring (bicyclic) bond motifs is 1. The topological polar surface area (TPSA) is 52.5 Å². The number of nitrogens with zero attached hydrogens (tertiary/aromatic N) is 1. The third-order valence-corrected chi connectivity index (χ3v) is 5.60. The summed E-state index contributed by atoms with van der Waals surface area (Å²) in [5, 5.41) is 3.46. The summed E-state index contributed by atoms with van der Waals surface area (Å²) in [4.78, 5) is 13.1. The van der Waals surface area contributed by atoms with Gasteiger partial charge in [0.25, 0.3) is 5.91 Å². The summed E-state index contributed by atoms with van der Waals surface area (Å²) in [5.74, 6) is 0.679. The highest BCUT2D eigenvalue weighted by Crippen LogP contribution is 2.37. The first-order chi connectivity index (χ1) is 15.5. The van der Waals surface area contributed by atoms with E-state index in [9.17, 15) is 9.18 Å². The Labute approximate surface area is 189 Å². The highest BCUT2D eigenvalue weighted by atomic mass is 35.5. The molecule has 160 valence electrons. The standard InChI is InChI=1S/C25H18ClFN2O3/c1-15-21(25(30)28-19-8-6-18(27)7-9-19)13-22(16-2-4-17(26)5-3-16)29(15)20-10-11-23-24(12-20)32-14-31-23/h2-13H,14H2,1H3,(H,28,30). The molecule has 32 heavy (non-hydrogen) atoms. The average Bonchev–Trinajstić information content (AvgIpc) is 3.39. The lowest BCUT2D eigenvalue weighted by Gasteiger charge is -2.13. The van der Waals surface area contributed by atoms with Crippen LogP contribution >= 0.6 is 11.6 Å². The van der Waals surface area contributed by atoms with Crippen molar-refractivity contribution in [2.45, 2.75) is 6.92 Å². The Bertz CT molecular complexity index is 1310. The van der Waals surface area contributed by atoms with Gasteiger partial charge < -0.3 is 19.4 Å². The zero-order valence-corrected chi connectivity index (χ0v) is 17.8. The van der Waals surface area contributed by atoms with Crippen molar-refractivity contribution in [1.29, 1.82) is 0 Å². The molecule has 1 aliphatic rings. The number of rotatable bonds is 4. The number of aromatic nitrogens is 1. The smallest absolute Gasteiger partial charge is 0.257 e. The number of hydrogen-bond acceptors (Lipinski definition) is 3. The van der Waals surface area contributed by atoms with Crippen LogP contribution in [0.3, 0.4) is 0 Å². The molecule has 0 aliphatic carbocycles. The molecule has 2 heterocycles. The van der Waals surface area contributed by atoms with Crippen LogP contribution in [0.2, 0.25) is 5.02 Å². The SMILES string of the molecule is Cc1c(C(=O)Nc2ccc(F)cc2)cc(-c2ccc(Cl)cc2)n1-c1ccc2c(c1)OCO2. The van der Waals surface area contributed by atoms with E-state index in [-0.39, 0.29) is 18.5 Å². The van der Waals surface area contributed by atoms with Crippen LogP contribution in [-0.2, 0) is 0 Å². The zero-order chi connectivity index (χ0) is 22.2. The average molecular weight is 449 g/mol. The molecule has 0 saturated heterocycles. The fraction of sp³-hybridized carbons (Fsp3) is 0.0800. The molecule has 1 aliphatic heterocycles. The number of carbonyl (C=O) groups is 1. The Morgan fingerprint density at radius 3 is 2.44 bits per heavy atom. The van der Waals surface area contributed by atoms with Gasteiger partial charge in [-0.05, 0) is 67.1 Å². The number of amides is 1. The summed E-state index contributed by atoms with van der Waals surface area (Å²) >= 11 is 6.08. The van der Waals surface area contributed by atoms with Gasteiger partial charge in [-0.25, -0.2) is 4.39 Å². The highest BCUT2D eigenvalue weighted by molar-refractivity contribution is 6.30. The van der Waals surface area contributed by atoms with Gasteiger partial charge in [0.1, 0.15) is 5.82 Å². The molecule has 0 saturated carbocycles. The van der Waals surface area contributed by atoms with E-state index in [1.165, 1.54) is 24.3 Å². The van der Waals surface area contributed by atoms with Gasteiger partial charge in [-0.2, -0.15) is 0 Å². The van der Waals surface area contributed by atoms with Crippen molar-refractivity contribution >= 4 is 23.2 Å². The summed E-state index contributed by atoms with van der Waals surface area (Å²) in [5.41, 5.74) is 4.31. The number of anilines is 1. The van der Waals surface area contributed by atoms with Crippen LogP contribution in [0.1, 0.15) is 16.1 Å². The molecule has 7 heteroatoms. The van der Waals surface area contributed by atoms with Crippen molar-refractivity contribution in [1.82, 2.24) is 4.57 Å². The fourth-order valence-corrected chi connectivity index (χ4v) is 3.88. The van der Waals surface area contributed by atoms with Crippen molar-refractivity contribution in [3.63, 3.8) is 0 Å². The van der Waals surface area contributed by atoms with Crippen LogP contribution in [-0.4, -0.2) is 17.3 Å². The van der Waals surface area contributed by atoms with Crippen molar-refractivity contribution in [2.24, 2.45) is 0 Å². The minimum atomic E-state index is -0.363. The largest absolute Gasteiger partial charge is 0.454 e. The summed E-state index contributed by atoms with van der Waals surface area (Å²) in [6.45, 7) is 2.06. The zero-order valence-electron chi connectivity index (χ0n) is 17.1. The second-order valence-electron chi connectivity index (χ2n) is 7.37. The van der Waals surface area contributed by atoms with Crippen molar-refractivity contribution in [2.75, 3.05) is 12.1 Å². The molecule has 1 amide bonds. The number of hydrogen-bond donors (Lipinski definition) is 1. The lowest BCUT2D eigenvalue weighted by Crippen LogP contribution is -2.13. The molecular formula is C25H18ClFN2O3. The monoisotopic (exact) mass is 448 g/mol. The molecule has 0 spiro atoms. The van der Waals surface area contributed by atoms with Crippen LogP contribution in [0.15, 0.2) is 72.8 Å². The Balaban J connectivity index is 1.61. The van der Waals surface area contributed by atoms with Crippen LogP contribution in [0.4, 0.5) is 10.1 Å². The van der Waals surface area contributed by atoms with Crippen LogP contribution in [0.5, 0.6) is 11.5 Å². The number of benzene rings is 3. The Morgan fingerprint density at radius 1 is 0.969 bits per heavy atom. The highest BCUT2D eigenvalue weighted by Gasteiger charge is 2.22. The maximum Gasteiger partial charge on any atom is 0.257 e. The molecule has 0 bridgehead atoms. The van der Waals surface area contributed by atoms with Crippen LogP contribution < -0.4 is 14.8 Å². The van der Waals surface area contributed by atoms with Gasteiger partial charge in [-0.1, -0.05) is 23.7 Å². The molecule has 0 unspecified atom stereocenters. The normalized spacial score (nSPS) is 12.1.